The molecule has 1 atom stereocenters. The predicted octanol–water partition coefficient (Wildman–Crippen LogP) is 7.63. The summed E-state index contributed by atoms with van der Waals surface area (Å²) in [5.41, 5.74) is 5.79. The fourth-order valence-electron chi connectivity index (χ4n) is 5.97. The Labute approximate surface area is 272 Å². The van der Waals surface area contributed by atoms with Crippen LogP contribution in [0.3, 0.4) is 0 Å². The van der Waals surface area contributed by atoms with Crippen molar-refractivity contribution in [3.63, 3.8) is 0 Å². The van der Waals surface area contributed by atoms with Crippen molar-refractivity contribution >= 4 is 49.8 Å². The van der Waals surface area contributed by atoms with Crippen molar-refractivity contribution in [1.82, 2.24) is 14.4 Å². The number of fused-ring (bicyclic) bond motifs is 2. The number of nitrogens with zero attached hydrogens (tertiary/aromatic N) is 4. The number of benzene rings is 2. The second kappa shape index (κ2) is 12.2. The summed E-state index contributed by atoms with van der Waals surface area (Å²) in [6.45, 7) is 14.8. The van der Waals surface area contributed by atoms with E-state index in [2.05, 4.69) is 13.8 Å². The smallest absolute Gasteiger partial charge is 0.301 e. The molecule has 1 N–H and O–H groups in total. The fourth-order valence-corrected chi connectivity index (χ4v) is 7.14. The summed E-state index contributed by atoms with van der Waals surface area (Å²) in [6, 6.07) is 12.3. The van der Waals surface area contributed by atoms with Gasteiger partial charge >= 0.3 is 5.91 Å². The molecule has 9 nitrogen and oxygen atoms in total. The molecule has 1 aliphatic heterocycles. The number of carbonyl (C=O) groups excluding carboxylic acids is 2. The van der Waals surface area contributed by atoms with Gasteiger partial charge in [0.25, 0.3) is 5.78 Å². The maximum absolute atomic E-state index is 14.0. The number of anilines is 1. The first-order valence-corrected chi connectivity index (χ1v) is 16.3. The standard InChI is InChI=1S/C36H38N4O5S/c1-8-44-26-18-24(11-12-25(26)45-15-13-19(2)3)31-28(32(41)30-23(7)39-14-9-10-21(5)34(39)37-30)33(42)35(43)40(31)36-38-29-22(6)16-20(4)17-27(29)46-36/h9-12,14,16-19,31,41H,8,13,15H2,1-7H3/b32-28+. The highest BCUT2D eigenvalue weighted by Crippen LogP contribution is 2.46. The number of Topliss-reactive ketones (excluding diaryl/α,β-unsaturated/α-hetero) is 1. The molecule has 46 heavy (non-hydrogen) atoms. The van der Waals surface area contributed by atoms with Crippen LogP contribution < -0.4 is 14.4 Å². The van der Waals surface area contributed by atoms with E-state index >= 15 is 0 Å². The minimum absolute atomic E-state index is 0.0581. The molecule has 5 aromatic rings. The molecule has 10 heteroatoms. The predicted molar refractivity (Wildman–Crippen MR) is 181 cm³/mol. The average Bonchev–Trinajstić information content (AvgIpc) is 3.66. The highest BCUT2D eigenvalue weighted by atomic mass is 32.1. The van der Waals surface area contributed by atoms with Gasteiger partial charge in [-0.15, -0.1) is 0 Å². The van der Waals surface area contributed by atoms with Crippen molar-refractivity contribution in [2.75, 3.05) is 18.1 Å². The van der Waals surface area contributed by atoms with Crippen LogP contribution in [0, 0.1) is 33.6 Å². The van der Waals surface area contributed by atoms with Crippen LogP contribution in [0.15, 0.2) is 54.2 Å². The molecule has 6 rings (SSSR count). The molecule has 2 aromatic carbocycles. The number of aromatic nitrogens is 3. The number of hydrogen-bond donors (Lipinski definition) is 1. The van der Waals surface area contributed by atoms with E-state index in [9.17, 15) is 14.7 Å². The van der Waals surface area contributed by atoms with Crippen LogP contribution in [0.2, 0.25) is 0 Å². The number of aliphatic hydroxyl groups excluding tert-OH is 1. The summed E-state index contributed by atoms with van der Waals surface area (Å²) in [5.74, 6) is -0.381. The SMILES string of the molecule is CCOc1cc(C2/C(=C(\O)c3nc4c(C)cccn4c3C)C(=O)C(=O)N2c2nc3c(C)cc(C)cc3s2)ccc1OCCC(C)C. The number of thiazole rings is 1. The van der Waals surface area contributed by atoms with Gasteiger partial charge in [0.15, 0.2) is 22.4 Å². The summed E-state index contributed by atoms with van der Waals surface area (Å²) in [7, 11) is 0. The fraction of sp³-hybridized carbons (Fsp3) is 0.333. The van der Waals surface area contributed by atoms with Crippen LogP contribution >= 0.6 is 11.3 Å². The molecule has 1 amide bonds. The van der Waals surface area contributed by atoms with E-state index in [0.717, 1.165) is 33.3 Å². The molecule has 1 aliphatic rings. The normalized spacial score (nSPS) is 16.3. The molecule has 0 spiro atoms. The summed E-state index contributed by atoms with van der Waals surface area (Å²) >= 11 is 1.34. The third kappa shape index (κ3) is 5.40. The Morgan fingerprint density at radius 3 is 2.50 bits per heavy atom. The Balaban J connectivity index is 1.56. The maximum atomic E-state index is 14.0. The number of hydrogen-bond acceptors (Lipinski definition) is 8. The molecule has 4 heterocycles. The van der Waals surface area contributed by atoms with Gasteiger partial charge in [-0.25, -0.2) is 9.97 Å². The van der Waals surface area contributed by atoms with Gasteiger partial charge in [-0.2, -0.15) is 0 Å². The lowest BCUT2D eigenvalue weighted by Crippen LogP contribution is -2.29. The molecular formula is C36H38N4O5S. The lowest BCUT2D eigenvalue weighted by molar-refractivity contribution is -0.132. The number of rotatable bonds is 9. The van der Waals surface area contributed by atoms with E-state index in [0.29, 0.717) is 52.7 Å². The Bertz CT molecular complexity index is 2040. The second-order valence-corrected chi connectivity index (χ2v) is 13.2. The van der Waals surface area contributed by atoms with E-state index in [1.165, 1.54) is 16.2 Å². The van der Waals surface area contributed by atoms with Crippen molar-refractivity contribution < 1.29 is 24.2 Å². The molecule has 3 aromatic heterocycles. The molecule has 1 unspecified atom stereocenters. The van der Waals surface area contributed by atoms with Gasteiger partial charge in [0.1, 0.15) is 11.3 Å². The first-order valence-electron chi connectivity index (χ1n) is 15.5. The number of ketones is 1. The van der Waals surface area contributed by atoms with E-state index in [4.69, 9.17) is 19.4 Å². The highest BCUT2D eigenvalue weighted by molar-refractivity contribution is 7.22. The molecule has 0 aliphatic carbocycles. The van der Waals surface area contributed by atoms with Crippen LogP contribution in [-0.4, -0.2) is 44.4 Å². The lowest BCUT2D eigenvalue weighted by atomic mass is 9.96. The minimum Gasteiger partial charge on any atom is -0.505 e. The number of aliphatic hydroxyl groups is 1. The Morgan fingerprint density at radius 1 is 1.00 bits per heavy atom. The molecule has 1 fully saturated rings. The average molecular weight is 639 g/mol. The zero-order valence-corrected chi connectivity index (χ0v) is 28.0. The van der Waals surface area contributed by atoms with Gasteiger partial charge in [0, 0.05) is 6.20 Å². The van der Waals surface area contributed by atoms with Gasteiger partial charge in [-0.3, -0.25) is 14.5 Å². The third-order valence-electron chi connectivity index (χ3n) is 8.31. The van der Waals surface area contributed by atoms with Gasteiger partial charge in [-0.1, -0.05) is 43.4 Å². The number of imidazole rings is 1. The summed E-state index contributed by atoms with van der Waals surface area (Å²) < 4.78 is 14.9. The van der Waals surface area contributed by atoms with Crippen molar-refractivity contribution in [3.05, 3.63) is 87.9 Å². The van der Waals surface area contributed by atoms with Crippen molar-refractivity contribution in [2.24, 2.45) is 5.92 Å². The van der Waals surface area contributed by atoms with Crippen LogP contribution in [-0.2, 0) is 9.59 Å². The summed E-state index contributed by atoms with van der Waals surface area (Å²) in [4.78, 5) is 38.9. The molecule has 238 valence electrons. The van der Waals surface area contributed by atoms with E-state index in [1.54, 1.807) is 12.1 Å². The van der Waals surface area contributed by atoms with E-state index in [1.807, 2.05) is 75.5 Å². The van der Waals surface area contributed by atoms with Gasteiger partial charge in [0.2, 0.25) is 0 Å². The second-order valence-electron chi connectivity index (χ2n) is 12.2. The maximum Gasteiger partial charge on any atom is 0.301 e. The molecule has 1 saturated heterocycles. The van der Waals surface area contributed by atoms with Gasteiger partial charge in [0.05, 0.1) is 40.7 Å². The van der Waals surface area contributed by atoms with E-state index in [-0.39, 0.29) is 17.0 Å². The van der Waals surface area contributed by atoms with Gasteiger partial charge in [-0.05, 0) is 93.5 Å². The number of ether oxygens (including phenoxy) is 2. The first-order chi connectivity index (χ1) is 22.0. The molecule has 0 saturated carbocycles. The van der Waals surface area contributed by atoms with Crippen LogP contribution in [0.25, 0.3) is 21.6 Å². The Kier molecular flexibility index (Phi) is 8.33. The number of pyridine rings is 1. The lowest BCUT2D eigenvalue weighted by Gasteiger charge is -2.24. The number of aryl methyl sites for hydroxylation is 4. The first kappa shape index (κ1) is 31.3. The number of carbonyl (C=O) groups is 2. The van der Waals surface area contributed by atoms with Crippen molar-refractivity contribution in [2.45, 2.75) is 60.9 Å². The largest absolute Gasteiger partial charge is 0.505 e. The van der Waals surface area contributed by atoms with E-state index < -0.39 is 17.7 Å². The van der Waals surface area contributed by atoms with Crippen molar-refractivity contribution in [3.8, 4) is 11.5 Å². The number of amides is 1. The monoisotopic (exact) mass is 638 g/mol. The highest BCUT2D eigenvalue weighted by Gasteiger charge is 2.49. The Hall–Kier alpha value is -4.70. The minimum atomic E-state index is -0.990. The third-order valence-corrected chi connectivity index (χ3v) is 9.32. The Morgan fingerprint density at radius 2 is 1.78 bits per heavy atom. The molecule has 0 radical (unpaired) electrons. The van der Waals surface area contributed by atoms with Gasteiger partial charge < -0.3 is 19.0 Å². The zero-order valence-electron chi connectivity index (χ0n) is 27.2. The quantitative estimate of drug-likeness (QED) is 0.101. The summed E-state index contributed by atoms with van der Waals surface area (Å²) in [6.07, 6.45) is 2.73. The summed E-state index contributed by atoms with van der Waals surface area (Å²) in [5, 5.41) is 12.3. The van der Waals surface area contributed by atoms with Crippen LogP contribution in [0.5, 0.6) is 11.5 Å². The van der Waals surface area contributed by atoms with Crippen LogP contribution in [0.4, 0.5) is 5.13 Å². The van der Waals surface area contributed by atoms with Crippen molar-refractivity contribution in [1.29, 1.82) is 0 Å². The zero-order chi connectivity index (χ0) is 32.9. The van der Waals surface area contributed by atoms with Crippen LogP contribution in [0.1, 0.15) is 66.9 Å². The molecule has 0 bridgehead atoms. The molecular weight excluding hydrogens is 600 g/mol. The topological polar surface area (TPSA) is 106 Å².